The first-order chi connectivity index (χ1) is 13.0. The topological polar surface area (TPSA) is 41.6 Å². The molecule has 0 heterocycles. The second-order valence-electron chi connectivity index (χ2n) is 6.69. The summed E-state index contributed by atoms with van der Waals surface area (Å²) in [5.41, 5.74) is 0.815. The number of ether oxygens (including phenoxy) is 1. The van der Waals surface area contributed by atoms with Gasteiger partial charge in [0.25, 0.3) is 0 Å². The van der Waals surface area contributed by atoms with E-state index in [1.165, 1.54) is 0 Å². The van der Waals surface area contributed by atoms with Crippen molar-refractivity contribution in [2.45, 2.75) is 31.2 Å². The van der Waals surface area contributed by atoms with Gasteiger partial charge in [0.1, 0.15) is 11.3 Å². The minimum atomic E-state index is -0.840. The summed E-state index contributed by atoms with van der Waals surface area (Å²) in [4.78, 5) is 15.0. The number of Topliss-reactive ketones (excluding diaryl/α,β-unsaturated/α-hetero) is 1. The van der Waals surface area contributed by atoms with Crippen molar-refractivity contribution in [3.05, 3.63) is 59.1 Å². The molecule has 1 N–H and O–H groups in total. The van der Waals surface area contributed by atoms with Gasteiger partial charge in [0.05, 0.1) is 7.11 Å². The van der Waals surface area contributed by atoms with Gasteiger partial charge in [-0.25, -0.2) is 0 Å². The van der Waals surface area contributed by atoms with Crippen LogP contribution in [0.15, 0.2) is 48.5 Å². The van der Waals surface area contributed by atoms with Crippen LogP contribution in [0, 0.1) is 0 Å². The van der Waals surface area contributed by atoms with E-state index in [-0.39, 0.29) is 5.78 Å². The third kappa shape index (κ3) is 3.80. The zero-order valence-corrected chi connectivity index (χ0v) is 17.1. The van der Waals surface area contributed by atoms with E-state index in [1.807, 2.05) is 60.5 Å². The van der Waals surface area contributed by atoms with Crippen LogP contribution in [0.4, 0.5) is 5.69 Å². The van der Waals surface area contributed by atoms with Crippen molar-refractivity contribution < 1.29 is 9.53 Å². The smallest absolute Gasteiger partial charge is 0.174 e. The molecule has 142 valence electrons. The number of nitrogens with zero attached hydrogens (tertiary/aromatic N) is 1. The van der Waals surface area contributed by atoms with Gasteiger partial charge in [0.15, 0.2) is 10.9 Å². The molecule has 1 saturated carbocycles. The molecule has 4 nitrogen and oxygen atoms in total. The number of rotatable bonds is 4. The molecule has 1 aliphatic carbocycles. The van der Waals surface area contributed by atoms with Gasteiger partial charge < -0.3 is 15.0 Å². The van der Waals surface area contributed by atoms with Crippen LogP contribution in [0.25, 0.3) is 0 Å². The zero-order chi connectivity index (χ0) is 19.4. The summed E-state index contributed by atoms with van der Waals surface area (Å²) >= 11 is 12.2. The maximum absolute atomic E-state index is 13.1. The lowest BCUT2D eigenvalue weighted by atomic mass is 9.74. The number of carbonyl (C=O) groups excluding carboxylic acids is 1. The number of halogens is 1. The molecule has 1 fully saturated rings. The van der Waals surface area contributed by atoms with Crippen LogP contribution < -0.4 is 10.1 Å². The fourth-order valence-corrected chi connectivity index (χ4v) is 4.25. The van der Waals surface area contributed by atoms with Gasteiger partial charge in [-0.15, -0.1) is 0 Å². The van der Waals surface area contributed by atoms with E-state index in [9.17, 15) is 4.79 Å². The first-order valence-electron chi connectivity index (χ1n) is 8.96. The van der Waals surface area contributed by atoms with Crippen LogP contribution in [0.2, 0.25) is 5.02 Å². The lowest BCUT2D eigenvalue weighted by Gasteiger charge is -2.45. The molecule has 3 rings (SSSR count). The van der Waals surface area contributed by atoms with E-state index < -0.39 is 5.54 Å². The summed E-state index contributed by atoms with van der Waals surface area (Å²) in [5, 5.41) is 4.30. The molecular weight excluding hydrogens is 380 g/mol. The minimum absolute atomic E-state index is 0.156. The minimum Gasteiger partial charge on any atom is -0.497 e. The van der Waals surface area contributed by atoms with Crippen molar-refractivity contribution in [2.24, 2.45) is 0 Å². The quantitative estimate of drug-likeness (QED) is 0.727. The van der Waals surface area contributed by atoms with Crippen LogP contribution in [0.1, 0.15) is 31.2 Å². The molecular formula is C21H23ClN2O2S. The Hall–Kier alpha value is -2.11. The number of hydrogen-bond donors (Lipinski definition) is 1. The predicted molar refractivity (Wildman–Crippen MR) is 114 cm³/mol. The van der Waals surface area contributed by atoms with E-state index in [0.29, 0.717) is 23.0 Å². The van der Waals surface area contributed by atoms with Crippen molar-refractivity contribution in [1.29, 1.82) is 0 Å². The number of benzene rings is 2. The summed E-state index contributed by atoms with van der Waals surface area (Å²) in [6.45, 7) is 0. The highest BCUT2D eigenvalue weighted by Crippen LogP contribution is 2.42. The highest BCUT2D eigenvalue weighted by molar-refractivity contribution is 7.80. The summed E-state index contributed by atoms with van der Waals surface area (Å²) < 4.78 is 5.19. The normalized spacial score (nSPS) is 19.4. The molecule has 0 aromatic heterocycles. The molecule has 0 radical (unpaired) electrons. The molecule has 0 saturated heterocycles. The fourth-order valence-electron chi connectivity index (χ4n) is 3.68. The van der Waals surface area contributed by atoms with Crippen molar-refractivity contribution in [3.63, 3.8) is 0 Å². The lowest BCUT2D eigenvalue weighted by Crippen LogP contribution is -2.55. The molecule has 0 bridgehead atoms. The van der Waals surface area contributed by atoms with Crippen molar-refractivity contribution in [3.8, 4) is 5.75 Å². The SMILES string of the molecule is COc1ccc(NC(=S)N(C)C2(c3ccccc3Cl)CCCCC2=O)cc1. The molecule has 2 aromatic rings. The van der Waals surface area contributed by atoms with Gasteiger partial charge >= 0.3 is 0 Å². The van der Waals surface area contributed by atoms with Crippen molar-refractivity contribution >= 4 is 40.4 Å². The molecule has 1 unspecified atom stereocenters. The number of carbonyl (C=O) groups is 1. The molecule has 6 heteroatoms. The van der Waals surface area contributed by atoms with Gasteiger partial charge in [-0.2, -0.15) is 0 Å². The zero-order valence-electron chi connectivity index (χ0n) is 15.5. The van der Waals surface area contributed by atoms with Crippen molar-refractivity contribution in [1.82, 2.24) is 4.90 Å². The summed E-state index contributed by atoms with van der Waals surface area (Å²) in [7, 11) is 3.49. The Balaban J connectivity index is 1.93. The lowest BCUT2D eigenvalue weighted by molar-refractivity contribution is -0.131. The Kier molecular flexibility index (Phi) is 6.02. The fraction of sp³-hybridized carbons (Fsp3) is 0.333. The number of nitrogens with one attached hydrogen (secondary N) is 1. The molecule has 27 heavy (non-hydrogen) atoms. The molecule has 1 aliphatic rings. The molecule has 2 aromatic carbocycles. The number of anilines is 1. The highest BCUT2D eigenvalue weighted by Gasteiger charge is 2.47. The Morgan fingerprint density at radius 1 is 1.19 bits per heavy atom. The largest absolute Gasteiger partial charge is 0.497 e. The third-order valence-electron chi connectivity index (χ3n) is 5.19. The Morgan fingerprint density at radius 2 is 1.89 bits per heavy atom. The van der Waals surface area contributed by atoms with Crippen LogP contribution in [0.3, 0.4) is 0 Å². The standard InChI is InChI=1S/C21H23ClN2O2S/c1-24(20(27)23-15-10-12-16(26-2)13-11-15)21(14-6-5-9-19(21)25)17-7-3-4-8-18(17)22/h3-4,7-8,10-13H,5-6,9,14H2,1-2H3,(H,23,27). The number of thiocarbonyl (C=S) groups is 1. The highest BCUT2D eigenvalue weighted by atomic mass is 35.5. The number of ketones is 1. The van der Waals surface area contributed by atoms with Crippen LogP contribution in [0.5, 0.6) is 5.75 Å². The van der Waals surface area contributed by atoms with E-state index >= 15 is 0 Å². The third-order valence-corrected chi connectivity index (χ3v) is 5.90. The average molecular weight is 403 g/mol. The van der Waals surface area contributed by atoms with E-state index in [1.54, 1.807) is 7.11 Å². The van der Waals surface area contributed by atoms with Gasteiger partial charge in [0.2, 0.25) is 0 Å². The average Bonchev–Trinajstić information content (AvgIpc) is 2.69. The number of hydrogen-bond acceptors (Lipinski definition) is 3. The second kappa shape index (κ2) is 8.28. The molecule has 0 spiro atoms. The second-order valence-corrected chi connectivity index (χ2v) is 7.48. The van der Waals surface area contributed by atoms with Crippen LogP contribution in [-0.2, 0) is 10.3 Å². The molecule has 0 amide bonds. The van der Waals surface area contributed by atoms with E-state index in [4.69, 9.17) is 28.6 Å². The number of likely N-dealkylation sites (N-methyl/N-ethyl adjacent to an activating group) is 1. The summed E-state index contributed by atoms with van der Waals surface area (Å²) in [5.74, 6) is 0.929. The first-order valence-corrected chi connectivity index (χ1v) is 9.75. The Morgan fingerprint density at radius 3 is 2.52 bits per heavy atom. The van der Waals surface area contributed by atoms with Gasteiger partial charge in [0, 0.05) is 29.7 Å². The summed E-state index contributed by atoms with van der Waals surface area (Å²) in [6, 6.07) is 15.1. The maximum Gasteiger partial charge on any atom is 0.174 e. The maximum atomic E-state index is 13.1. The Bertz CT molecular complexity index is 840. The number of methoxy groups -OCH3 is 1. The molecule has 0 aliphatic heterocycles. The first kappa shape index (κ1) is 19.6. The summed E-state index contributed by atoms with van der Waals surface area (Å²) in [6.07, 6.45) is 3.07. The van der Waals surface area contributed by atoms with Gasteiger partial charge in [-0.05, 0) is 61.8 Å². The molecule has 1 atom stereocenters. The monoisotopic (exact) mass is 402 g/mol. The predicted octanol–water partition coefficient (Wildman–Crippen LogP) is 5.02. The van der Waals surface area contributed by atoms with E-state index in [2.05, 4.69) is 5.32 Å². The van der Waals surface area contributed by atoms with Gasteiger partial charge in [-0.3, -0.25) is 4.79 Å². The van der Waals surface area contributed by atoms with Crippen molar-refractivity contribution in [2.75, 3.05) is 19.5 Å². The van der Waals surface area contributed by atoms with E-state index in [0.717, 1.165) is 29.8 Å². The Labute approximate surface area is 170 Å². The van der Waals surface area contributed by atoms with Crippen LogP contribution >= 0.6 is 23.8 Å². The van der Waals surface area contributed by atoms with Gasteiger partial charge in [-0.1, -0.05) is 29.8 Å². The van der Waals surface area contributed by atoms with Crippen LogP contribution in [-0.4, -0.2) is 30.0 Å².